The summed E-state index contributed by atoms with van der Waals surface area (Å²) in [7, 11) is 0. The average molecular weight is 459 g/mol. The first-order valence-corrected chi connectivity index (χ1v) is 9.58. The molecule has 1 aromatic carbocycles. The molecule has 0 aliphatic carbocycles. The lowest BCUT2D eigenvalue weighted by atomic mass is 9.91. The summed E-state index contributed by atoms with van der Waals surface area (Å²) in [5, 5.41) is 3.69. The minimum absolute atomic E-state index is 0.139. The molecule has 9 nitrogen and oxygen atoms in total. The van der Waals surface area contributed by atoms with Gasteiger partial charge in [-0.05, 0) is 30.7 Å². The van der Waals surface area contributed by atoms with Crippen LogP contribution in [0.1, 0.15) is 27.0 Å². The Hall–Kier alpha value is -4.22. The van der Waals surface area contributed by atoms with Crippen molar-refractivity contribution in [2.24, 2.45) is 0 Å². The van der Waals surface area contributed by atoms with Crippen LogP contribution < -0.4 is 21.9 Å². The summed E-state index contributed by atoms with van der Waals surface area (Å²) in [6.07, 6.45) is -2.58. The molecule has 0 saturated carbocycles. The van der Waals surface area contributed by atoms with Gasteiger partial charge < -0.3 is 10.6 Å². The summed E-state index contributed by atoms with van der Waals surface area (Å²) < 4.78 is 44.0. The lowest BCUT2D eigenvalue weighted by molar-refractivity contribution is -0.196. The molecule has 1 atom stereocenters. The van der Waals surface area contributed by atoms with Crippen molar-refractivity contribution in [3.8, 4) is 0 Å². The molecule has 0 radical (unpaired) electrons. The van der Waals surface area contributed by atoms with Crippen LogP contribution in [-0.4, -0.2) is 32.5 Å². The Morgan fingerprint density at radius 1 is 1.18 bits per heavy atom. The third-order valence-corrected chi connectivity index (χ3v) is 5.22. The number of hydrogen-bond donors (Lipinski definition) is 3. The van der Waals surface area contributed by atoms with E-state index in [0.29, 0.717) is 11.1 Å². The van der Waals surface area contributed by atoms with E-state index >= 15 is 0 Å². The highest BCUT2D eigenvalue weighted by Crippen LogP contribution is 2.45. The molecule has 0 fully saturated rings. The number of carbonyl (C=O) groups excluding carboxylic acids is 2. The molecule has 0 saturated heterocycles. The number of nitrogens with one attached hydrogen (secondary N) is 3. The van der Waals surface area contributed by atoms with E-state index in [0.717, 1.165) is 4.57 Å². The Morgan fingerprint density at radius 2 is 1.94 bits per heavy atom. The van der Waals surface area contributed by atoms with Gasteiger partial charge in [-0.25, -0.2) is 4.79 Å². The number of rotatable bonds is 4. The van der Waals surface area contributed by atoms with Crippen LogP contribution in [-0.2, 0) is 16.9 Å². The molecule has 0 unspecified atom stereocenters. The number of amides is 2. The van der Waals surface area contributed by atoms with E-state index < -0.39 is 46.2 Å². The normalized spacial score (nSPS) is 17.4. The molecular formula is C21H16F3N5O4. The SMILES string of the molecule is Cc1cccc(C(=O)N[C@]2(C(F)(F)F)C(=O)Nc3c2c(=O)[nH]c(=O)n3Cc2cccnc2)c1. The van der Waals surface area contributed by atoms with Crippen LogP contribution in [0.25, 0.3) is 0 Å². The van der Waals surface area contributed by atoms with E-state index in [1.54, 1.807) is 30.4 Å². The molecule has 3 N–H and O–H groups in total. The molecule has 3 heterocycles. The number of aromatic amines is 1. The maximum Gasteiger partial charge on any atom is 0.425 e. The van der Waals surface area contributed by atoms with Crippen LogP contribution in [0.15, 0.2) is 58.4 Å². The summed E-state index contributed by atoms with van der Waals surface area (Å²) in [6.45, 7) is 1.35. The highest BCUT2D eigenvalue weighted by Gasteiger charge is 2.68. The van der Waals surface area contributed by atoms with E-state index in [-0.39, 0.29) is 12.1 Å². The summed E-state index contributed by atoms with van der Waals surface area (Å²) in [5.41, 5.74) is -6.42. The lowest BCUT2D eigenvalue weighted by Gasteiger charge is -2.30. The van der Waals surface area contributed by atoms with E-state index in [2.05, 4.69) is 4.98 Å². The Bertz CT molecular complexity index is 1380. The number of H-pyrrole nitrogens is 1. The molecule has 33 heavy (non-hydrogen) atoms. The fourth-order valence-corrected chi connectivity index (χ4v) is 3.68. The topological polar surface area (TPSA) is 126 Å². The molecule has 1 aliphatic heterocycles. The smallest absolute Gasteiger partial charge is 0.326 e. The third kappa shape index (κ3) is 3.58. The molecule has 2 amide bonds. The number of aromatic nitrogens is 3. The number of pyridine rings is 1. The zero-order chi connectivity index (χ0) is 24.0. The van der Waals surface area contributed by atoms with E-state index in [4.69, 9.17) is 0 Å². The predicted molar refractivity (Wildman–Crippen MR) is 110 cm³/mol. The second-order valence-corrected chi connectivity index (χ2v) is 7.46. The molecule has 4 rings (SSSR count). The fraction of sp³-hybridized carbons (Fsp3) is 0.190. The van der Waals surface area contributed by atoms with Crippen LogP contribution in [0.2, 0.25) is 0 Å². The summed E-state index contributed by atoms with van der Waals surface area (Å²) in [6, 6.07) is 8.81. The molecule has 3 aromatic rings. The maximum absolute atomic E-state index is 14.4. The Morgan fingerprint density at radius 3 is 2.58 bits per heavy atom. The molecule has 1 aliphatic rings. The van der Waals surface area contributed by atoms with Crippen molar-refractivity contribution in [2.45, 2.75) is 25.2 Å². The Balaban J connectivity index is 1.90. The average Bonchev–Trinajstić information content (AvgIpc) is 3.05. The van der Waals surface area contributed by atoms with Gasteiger partial charge in [-0.1, -0.05) is 23.8 Å². The monoisotopic (exact) mass is 459 g/mol. The molecule has 12 heteroatoms. The zero-order valence-electron chi connectivity index (χ0n) is 17.0. The van der Waals surface area contributed by atoms with E-state index in [1.165, 1.54) is 30.6 Å². The zero-order valence-corrected chi connectivity index (χ0v) is 17.0. The number of fused-ring (bicyclic) bond motifs is 1. The molecular weight excluding hydrogens is 443 g/mol. The number of benzene rings is 1. The van der Waals surface area contributed by atoms with E-state index in [9.17, 15) is 32.3 Å². The second-order valence-electron chi connectivity index (χ2n) is 7.46. The number of alkyl halides is 3. The number of anilines is 1. The summed E-state index contributed by atoms with van der Waals surface area (Å²) in [4.78, 5) is 56.2. The van der Waals surface area contributed by atoms with Gasteiger partial charge in [-0.3, -0.25) is 28.9 Å². The number of hydrogen-bond acceptors (Lipinski definition) is 5. The lowest BCUT2D eigenvalue weighted by Crippen LogP contribution is -2.62. The molecule has 0 bridgehead atoms. The van der Waals surface area contributed by atoms with Crippen LogP contribution >= 0.6 is 0 Å². The quantitative estimate of drug-likeness (QED) is 0.544. The number of nitrogens with zero attached hydrogens (tertiary/aromatic N) is 2. The van der Waals surface area contributed by atoms with Gasteiger partial charge in [0.2, 0.25) is 0 Å². The minimum atomic E-state index is -5.41. The highest BCUT2D eigenvalue weighted by atomic mass is 19.4. The van der Waals surface area contributed by atoms with Crippen molar-refractivity contribution >= 4 is 17.6 Å². The van der Waals surface area contributed by atoms with Crippen molar-refractivity contribution in [3.63, 3.8) is 0 Å². The Labute approximate surface area is 183 Å². The predicted octanol–water partition coefficient (Wildman–Crippen LogP) is 1.43. The van der Waals surface area contributed by atoms with Crippen LogP contribution in [0.5, 0.6) is 0 Å². The second kappa shape index (κ2) is 7.73. The minimum Gasteiger partial charge on any atom is -0.326 e. The Kier molecular flexibility index (Phi) is 5.15. The van der Waals surface area contributed by atoms with Gasteiger partial charge in [0, 0.05) is 18.0 Å². The summed E-state index contributed by atoms with van der Waals surface area (Å²) >= 11 is 0. The van der Waals surface area contributed by atoms with Crippen molar-refractivity contribution < 1.29 is 22.8 Å². The van der Waals surface area contributed by atoms with Gasteiger partial charge in [-0.15, -0.1) is 0 Å². The molecule has 0 spiro atoms. The summed E-state index contributed by atoms with van der Waals surface area (Å²) in [5.74, 6) is -3.58. The molecule has 170 valence electrons. The standard InChI is InChI=1S/C21H16F3N5O4/c1-11-4-2-6-13(8-11)16(30)28-20(21(22,23)24)14-15(26-18(20)32)29(19(33)27-17(14)31)10-12-5-3-7-25-9-12/h2-9H,10H2,1H3,(H,26,32)(H,28,30)(H,27,31,33)/t20-/m0/s1. The van der Waals surface area contributed by atoms with Gasteiger partial charge in [0.1, 0.15) is 11.4 Å². The van der Waals surface area contributed by atoms with Crippen molar-refractivity contribution in [3.05, 3.63) is 91.9 Å². The van der Waals surface area contributed by atoms with Gasteiger partial charge >= 0.3 is 11.9 Å². The first kappa shape index (κ1) is 22.0. The van der Waals surface area contributed by atoms with Crippen molar-refractivity contribution in [1.82, 2.24) is 19.9 Å². The van der Waals surface area contributed by atoms with Gasteiger partial charge in [0.25, 0.3) is 22.9 Å². The largest absolute Gasteiger partial charge is 0.425 e. The van der Waals surface area contributed by atoms with Crippen molar-refractivity contribution in [1.29, 1.82) is 0 Å². The number of carbonyl (C=O) groups is 2. The first-order chi connectivity index (χ1) is 15.5. The first-order valence-electron chi connectivity index (χ1n) is 9.58. The van der Waals surface area contributed by atoms with Crippen LogP contribution in [0.3, 0.4) is 0 Å². The third-order valence-electron chi connectivity index (χ3n) is 5.22. The fourth-order valence-electron chi connectivity index (χ4n) is 3.68. The van der Waals surface area contributed by atoms with Crippen LogP contribution in [0.4, 0.5) is 19.0 Å². The van der Waals surface area contributed by atoms with E-state index in [1.807, 2.05) is 10.3 Å². The van der Waals surface area contributed by atoms with Crippen LogP contribution in [0, 0.1) is 6.92 Å². The maximum atomic E-state index is 14.4. The highest BCUT2D eigenvalue weighted by molar-refractivity contribution is 6.09. The van der Waals surface area contributed by atoms with Gasteiger partial charge in [-0.2, -0.15) is 13.2 Å². The van der Waals surface area contributed by atoms with Gasteiger partial charge in [0.15, 0.2) is 0 Å². The number of halogens is 3. The van der Waals surface area contributed by atoms with Gasteiger partial charge in [0.05, 0.1) is 6.54 Å². The van der Waals surface area contributed by atoms with Crippen molar-refractivity contribution in [2.75, 3.05) is 5.32 Å². The molecule has 2 aromatic heterocycles. The number of aryl methyl sites for hydroxylation is 1.